The molecule has 0 saturated carbocycles. The quantitative estimate of drug-likeness (QED) is 0.723. The number of rotatable bonds is 1. The molecule has 0 unspecified atom stereocenters. The highest BCUT2D eigenvalue weighted by molar-refractivity contribution is 6.29. The number of nitrogens with one attached hydrogen (secondary N) is 2. The molecule has 0 saturated heterocycles. The van der Waals surface area contributed by atoms with Gasteiger partial charge in [0.1, 0.15) is 5.15 Å². The molecule has 0 fully saturated rings. The molecule has 0 atom stereocenters. The predicted molar refractivity (Wildman–Crippen MR) is 49.7 cm³/mol. The minimum Gasteiger partial charge on any atom is -0.361 e. The fourth-order valence-corrected chi connectivity index (χ4v) is 1.23. The molecular weight excluding hydrogens is 190 g/mol. The van der Waals surface area contributed by atoms with Gasteiger partial charge in [0.25, 0.3) is 5.56 Å². The fourth-order valence-electron chi connectivity index (χ4n) is 1.08. The summed E-state index contributed by atoms with van der Waals surface area (Å²) >= 11 is 5.64. The Balaban J connectivity index is 2.64. The van der Waals surface area contributed by atoms with Crippen LogP contribution in [-0.2, 0) is 0 Å². The normalized spacial score (nSPS) is 10.2. The van der Waals surface area contributed by atoms with Crippen LogP contribution in [0.25, 0.3) is 11.3 Å². The molecule has 0 aromatic carbocycles. The van der Waals surface area contributed by atoms with E-state index < -0.39 is 0 Å². The predicted octanol–water partition coefficient (Wildman–Crippen LogP) is 1.42. The summed E-state index contributed by atoms with van der Waals surface area (Å²) in [5, 5.41) is 6.13. The number of nitrogens with zero attached hydrogens (tertiary/aromatic N) is 1. The third-order valence-corrected chi connectivity index (χ3v) is 1.85. The van der Waals surface area contributed by atoms with Crippen LogP contribution in [0, 0.1) is 0 Å². The van der Waals surface area contributed by atoms with E-state index in [0.29, 0.717) is 5.56 Å². The lowest BCUT2D eigenvalue weighted by Crippen LogP contribution is -2.10. The van der Waals surface area contributed by atoms with Crippen molar-refractivity contribution >= 4 is 11.6 Å². The first-order valence-corrected chi connectivity index (χ1v) is 4.04. The van der Waals surface area contributed by atoms with Crippen molar-refractivity contribution in [3.63, 3.8) is 0 Å². The lowest BCUT2D eigenvalue weighted by Gasteiger charge is -1.95. The van der Waals surface area contributed by atoms with Gasteiger partial charge < -0.3 is 4.98 Å². The van der Waals surface area contributed by atoms with Crippen molar-refractivity contribution in [1.29, 1.82) is 0 Å². The maximum atomic E-state index is 11.3. The van der Waals surface area contributed by atoms with Gasteiger partial charge in [0, 0.05) is 6.20 Å². The summed E-state index contributed by atoms with van der Waals surface area (Å²) in [6, 6.07) is 5.12. The van der Waals surface area contributed by atoms with Gasteiger partial charge in [0.05, 0.1) is 11.3 Å². The van der Waals surface area contributed by atoms with Gasteiger partial charge in [-0.3, -0.25) is 4.79 Å². The maximum absolute atomic E-state index is 11.3. The van der Waals surface area contributed by atoms with E-state index in [-0.39, 0.29) is 10.7 Å². The number of halogens is 1. The Hall–Kier alpha value is -1.55. The van der Waals surface area contributed by atoms with Crippen molar-refractivity contribution in [2.45, 2.75) is 0 Å². The van der Waals surface area contributed by atoms with Gasteiger partial charge in [-0.25, -0.2) is 5.10 Å². The molecule has 0 aliphatic carbocycles. The van der Waals surface area contributed by atoms with Crippen LogP contribution in [-0.4, -0.2) is 15.2 Å². The molecule has 66 valence electrons. The second-order valence-electron chi connectivity index (χ2n) is 2.52. The Bertz CT molecular complexity index is 460. The Kier molecular flexibility index (Phi) is 1.90. The lowest BCUT2D eigenvalue weighted by molar-refractivity contribution is 0.990. The fraction of sp³-hybridized carbons (Fsp3) is 0. The molecule has 0 aliphatic rings. The molecule has 2 rings (SSSR count). The summed E-state index contributed by atoms with van der Waals surface area (Å²) in [5.74, 6) is 0. The third kappa shape index (κ3) is 1.48. The standard InChI is InChI=1S/C8H6ClN3O/c9-7-4-5(8(13)12-11-7)6-2-1-3-10-6/h1-4,10H,(H,12,13). The molecule has 2 heterocycles. The molecule has 2 aromatic heterocycles. The van der Waals surface area contributed by atoms with E-state index in [0.717, 1.165) is 5.69 Å². The Labute approximate surface area is 78.6 Å². The molecule has 2 N–H and O–H groups in total. The number of hydrogen-bond donors (Lipinski definition) is 2. The highest BCUT2D eigenvalue weighted by atomic mass is 35.5. The molecular formula is C8H6ClN3O. The minimum absolute atomic E-state index is 0.258. The highest BCUT2D eigenvalue weighted by Gasteiger charge is 2.04. The van der Waals surface area contributed by atoms with E-state index >= 15 is 0 Å². The summed E-state index contributed by atoms with van der Waals surface area (Å²) in [6.45, 7) is 0. The van der Waals surface area contributed by atoms with E-state index in [2.05, 4.69) is 15.2 Å². The van der Waals surface area contributed by atoms with E-state index in [9.17, 15) is 4.79 Å². The van der Waals surface area contributed by atoms with Gasteiger partial charge in [-0.2, -0.15) is 5.10 Å². The molecule has 4 nitrogen and oxygen atoms in total. The van der Waals surface area contributed by atoms with Crippen LogP contribution in [0.15, 0.2) is 29.2 Å². The molecule has 0 amide bonds. The van der Waals surface area contributed by atoms with Crippen molar-refractivity contribution in [1.82, 2.24) is 15.2 Å². The SMILES string of the molecule is O=c1[nH]nc(Cl)cc1-c1ccc[nH]1. The van der Waals surface area contributed by atoms with Crippen molar-refractivity contribution in [2.24, 2.45) is 0 Å². The van der Waals surface area contributed by atoms with Crippen LogP contribution in [0.4, 0.5) is 0 Å². The van der Waals surface area contributed by atoms with Crippen LogP contribution >= 0.6 is 11.6 Å². The Morgan fingerprint density at radius 3 is 3.00 bits per heavy atom. The van der Waals surface area contributed by atoms with Gasteiger partial charge in [0.15, 0.2) is 0 Å². The molecule has 2 aromatic rings. The summed E-state index contributed by atoms with van der Waals surface area (Å²) in [6.07, 6.45) is 1.74. The molecule has 5 heteroatoms. The van der Waals surface area contributed by atoms with Crippen LogP contribution in [0.3, 0.4) is 0 Å². The summed E-state index contributed by atoms with van der Waals surface area (Å²) in [4.78, 5) is 14.2. The zero-order chi connectivity index (χ0) is 9.26. The largest absolute Gasteiger partial charge is 0.361 e. The van der Waals surface area contributed by atoms with E-state index in [1.165, 1.54) is 6.07 Å². The second kappa shape index (κ2) is 3.06. The average Bonchev–Trinajstić information content (AvgIpc) is 2.61. The summed E-state index contributed by atoms with van der Waals surface area (Å²) < 4.78 is 0. The van der Waals surface area contributed by atoms with Crippen LogP contribution < -0.4 is 5.56 Å². The van der Waals surface area contributed by atoms with Gasteiger partial charge in [0.2, 0.25) is 0 Å². The van der Waals surface area contributed by atoms with Crippen LogP contribution in [0.2, 0.25) is 5.15 Å². The van der Waals surface area contributed by atoms with Gasteiger partial charge in [-0.15, -0.1) is 0 Å². The average molecular weight is 196 g/mol. The first-order valence-electron chi connectivity index (χ1n) is 3.66. The second-order valence-corrected chi connectivity index (χ2v) is 2.90. The van der Waals surface area contributed by atoms with E-state index in [1.807, 2.05) is 6.07 Å². The number of aromatic amines is 2. The molecule has 0 radical (unpaired) electrons. The van der Waals surface area contributed by atoms with Crippen molar-refractivity contribution in [2.75, 3.05) is 0 Å². The van der Waals surface area contributed by atoms with Crippen LogP contribution in [0.5, 0.6) is 0 Å². The number of hydrogen-bond acceptors (Lipinski definition) is 2. The Morgan fingerprint density at radius 2 is 2.31 bits per heavy atom. The van der Waals surface area contributed by atoms with Gasteiger partial charge >= 0.3 is 0 Å². The molecule has 0 spiro atoms. The first kappa shape index (κ1) is 8.07. The topological polar surface area (TPSA) is 61.5 Å². The van der Waals surface area contributed by atoms with Crippen molar-refractivity contribution < 1.29 is 0 Å². The van der Waals surface area contributed by atoms with E-state index in [1.54, 1.807) is 12.3 Å². The third-order valence-electron chi connectivity index (χ3n) is 1.66. The number of H-pyrrole nitrogens is 2. The maximum Gasteiger partial charge on any atom is 0.273 e. The van der Waals surface area contributed by atoms with Crippen molar-refractivity contribution in [3.05, 3.63) is 39.9 Å². The zero-order valence-electron chi connectivity index (χ0n) is 6.54. The van der Waals surface area contributed by atoms with Gasteiger partial charge in [-0.1, -0.05) is 11.6 Å². The summed E-state index contributed by atoms with van der Waals surface area (Å²) in [5.41, 5.74) is 0.961. The first-order chi connectivity index (χ1) is 6.27. The van der Waals surface area contributed by atoms with Gasteiger partial charge in [-0.05, 0) is 18.2 Å². The minimum atomic E-state index is -0.258. The smallest absolute Gasteiger partial charge is 0.273 e. The molecule has 0 aliphatic heterocycles. The molecule has 13 heavy (non-hydrogen) atoms. The monoisotopic (exact) mass is 195 g/mol. The molecule has 0 bridgehead atoms. The van der Waals surface area contributed by atoms with E-state index in [4.69, 9.17) is 11.6 Å². The highest BCUT2D eigenvalue weighted by Crippen LogP contribution is 2.13. The van der Waals surface area contributed by atoms with Crippen molar-refractivity contribution in [3.8, 4) is 11.3 Å². The number of aromatic nitrogens is 3. The summed E-state index contributed by atoms with van der Waals surface area (Å²) in [7, 11) is 0. The zero-order valence-corrected chi connectivity index (χ0v) is 7.30. The Morgan fingerprint density at radius 1 is 1.46 bits per heavy atom. The van der Waals surface area contributed by atoms with Crippen LogP contribution in [0.1, 0.15) is 0 Å². The lowest BCUT2D eigenvalue weighted by atomic mass is 10.2.